The first-order valence-electron chi connectivity index (χ1n) is 8.35. The van der Waals surface area contributed by atoms with Crippen LogP contribution >= 0.6 is 0 Å². The molecule has 0 saturated carbocycles. The van der Waals surface area contributed by atoms with Gasteiger partial charge in [0.15, 0.2) is 0 Å². The first kappa shape index (κ1) is 19.4. The van der Waals surface area contributed by atoms with E-state index < -0.39 is 17.9 Å². The number of nitrogens with zero attached hydrogens (tertiary/aromatic N) is 1. The van der Waals surface area contributed by atoms with Gasteiger partial charge in [-0.25, -0.2) is 0 Å². The van der Waals surface area contributed by atoms with Crippen LogP contribution in [0.25, 0.3) is 0 Å². The third-order valence-corrected chi connectivity index (χ3v) is 3.50. The molecule has 1 aromatic carbocycles. The number of hydrogen-bond donors (Lipinski definition) is 2. The lowest BCUT2D eigenvalue weighted by molar-refractivity contribution is -0.127. The minimum absolute atomic E-state index is 0.261. The molecule has 2 rings (SSSR count). The summed E-state index contributed by atoms with van der Waals surface area (Å²) in [5.74, 6) is -0.273. The fourth-order valence-electron chi connectivity index (χ4n) is 2.39. The van der Waals surface area contributed by atoms with Gasteiger partial charge in [0.25, 0.3) is 0 Å². The van der Waals surface area contributed by atoms with E-state index in [1.165, 1.54) is 0 Å². The lowest BCUT2D eigenvalue weighted by Crippen LogP contribution is -2.34. The van der Waals surface area contributed by atoms with Gasteiger partial charge in [0.2, 0.25) is 11.8 Å². The molecule has 0 aliphatic rings. The van der Waals surface area contributed by atoms with Crippen LogP contribution in [-0.2, 0) is 14.3 Å². The van der Waals surface area contributed by atoms with E-state index in [1.807, 2.05) is 19.1 Å². The second-order valence-electron chi connectivity index (χ2n) is 5.48. The summed E-state index contributed by atoms with van der Waals surface area (Å²) in [4.78, 5) is 28.6. The van der Waals surface area contributed by atoms with E-state index in [2.05, 4.69) is 15.6 Å². The number of nitrogens with one attached hydrogen (secondary N) is 2. The number of pyridine rings is 1. The highest BCUT2D eigenvalue weighted by Crippen LogP contribution is 2.23. The molecule has 0 aliphatic heterocycles. The molecule has 7 heteroatoms. The van der Waals surface area contributed by atoms with Crippen molar-refractivity contribution in [3.05, 3.63) is 54.4 Å². The van der Waals surface area contributed by atoms with Crippen molar-refractivity contribution in [1.82, 2.24) is 10.3 Å². The smallest absolute Gasteiger partial charge is 0.233 e. The van der Waals surface area contributed by atoms with E-state index in [-0.39, 0.29) is 13.0 Å². The molecule has 138 valence electrons. The number of ether oxygens (including phenoxy) is 2. The average molecular weight is 357 g/mol. The maximum Gasteiger partial charge on any atom is 0.233 e. The molecular weight excluding hydrogens is 334 g/mol. The number of benzene rings is 1. The molecule has 26 heavy (non-hydrogen) atoms. The van der Waals surface area contributed by atoms with E-state index in [0.717, 1.165) is 0 Å². The predicted octanol–water partition coefficient (Wildman–Crippen LogP) is 2.31. The molecule has 0 spiro atoms. The maximum atomic E-state index is 12.2. The monoisotopic (exact) mass is 357 g/mol. The zero-order valence-corrected chi connectivity index (χ0v) is 14.9. The van der Waals surface area contributed by atoms with Crippen LogP contribution < -0.4 is 15.4 Å². The first-order valence-corrected chi connectivity index (χ1v) is 8.35. The zero-order chi connectivity index (χ0) is 18.8. The molecule has 0 saturated heterocycles. The number of carbonyl (C=O) groups excluding carboxylic acids is 2. The summed E-state index contributed by atoms with van der Waals surface area (Å²) >= 11 is 0. The largest absolute Gasteiger partial charge is 0.492 e. The fraction of sp³-hybridized carbons (Fsp3) is 0.316. The van der Waals surface area contributed by atoms with Crippen LogP contribution in [0.4, 0.5) is 5.69 Å². The van der Waals surface area contributed by atoms with Crippen molar-refractivity contribution >= 4 is 17.5 Å². The van der Waals surface area contributed by atoms with Crippen molar-refractivity contribution < 1.29 is 19.1 Å². The second-order valence-corrected chi connectivity index (χ2v) is 5.48. The van der Waals surface area contributed by atoms with Gasteiger partial charge in [-0.1, -0.05) is 18.2 Å². The van der Waals surface area contributed by atoms with Gasteiger partial charge >= 0.3 is 0 Å². The molecule has 0 aliphatic carbocycles. The van der Waals surface area contributed by atoms with Crippen LogP contribution in [0.2, 0.25) is 0 Å². The molecule has 1 atom stereocenters. The second kappa shape index (κ2) is 10.1. The Morgan fingerprint density at radius 1 is 1.12 bits per heavy atom. The van der Waals surface area contributed by atoms with Crippen LogP contribution in [0.5, 0.6) is 5.75 Å². The number of methoxy groups -OCH3 is 1. The number of rotatable bonds is 9. The van der Waals surface area contributed by atoms with Crippen LogP contribution in [0.3, 0.4) is 0 Å². The summed E-state index contributed by atoms with van der Waals surface area (Å²) in [6.45, 7) is 2.60. The third-order valence-electron chi connectivity index (χ3n) is 3.50. The molecule has 1 heterocycles. The Kier molecular flexibility index (Phi) is 7.57. The Bertz CT molecular complexity index is 722. The number of hydrogen-bond acceptors (Lipinski definition) is 5. The summed E-state index contributed by atoms with van der Waals surface area (Å²) in [7, 11) is 1.54. The number of carbonyl (C=O) groups is 2. The highest BCUT2D eigenvalue weighted by Gasteiger charge is 2.18. The number of para-hydroxylation sites is 2. The van der Waals surface area contributed by atoms with E-state index in [0.29, 0.717) is 23.7 Å². The predicted molar refractivity (Wildman–Crippen MR) is 97.9 cm³/mol. The standard InChI is InChI=1S/C19H23N3O4/c1-3-26-17-10-5-4-9-15(17)21-18(23)12-19(24)22-16(13-25-2)14-8-6-7-11-20-14/h4-11,16H,3,12-13H2,1-2H3,(H,21,23)(H,22,24)/t16-/m1/s1. The van der Waals surface area contributed by atoms with Gasteiger partial charge in [0, 0.05) is 13.3 Å². The van der Waals surface area contributed by atoms with Crippen LogP contribution in [0.15, 0.2) is 48.7 Å². The average Bonchev–Trinajstić information content (AvgIpc) is 2.64. The molecule has 2 N–H and O–H groups in total. The van der Waals surface area contributed by atoms with E-state index in [9.17, 15) is 9.59 Å². The SMILES string of the molecule is CCOc1ccccc1NC(=O)CC(=O)N[C@H](COC)c1ccccn1. The van der Waals surface area contributed by atoms with Gasteiger partial charge in [0.05, 0.1) is 30.6 Å². The zero-order valence-electron chi connectivity index (χ0n) is 14.9. The van der Waals surface area contributed by atoms with Gasteiger partial charge in [-0.05, 0) is 31.2 Å². The minimum Gasteiger partial charge on any atom is -0.492 e. The minimum atomic E-state index is -0.424. The number of aromatic nitrogens is 1. The van der Waals surface area contributed by atoms with Gasteiger partial charge in [0.1, 0.15) is 12.2 Å². The summed E-state index contributed by atoms with van der Waals surface area (Å²) in [5, 5.41) is 5.47. The van der Waals surface area contributed by atoms with Gasteiger partial charge in [-0.15, -0.1) is 0 Å². The van der Waals surface area contributed by atoms with E-state index in [1.54, 1.807) is 43.6 Å². The highest BCUT2D eigenvalue weighted by molar-refractivity contribution is 6.04. The van der Waals surface area contributed by atoms with Gasteiger partial charge < -0.3 is 20.1 Å². The summed E-state index contributed by atoms with van der Waals surface area (Å²) in [5.41, 5.74) is 1.20. The van der Waals surface area contributed by atoms with Crippen LogP contribution in [0, 0.1) is 0 Å². The molecule has 0 unspecified atom stereocenters. The number of anilines is 1. The van der Waals surface area contributed by atoms with Crippen LogP contribution in [-0.4, -0.2) is 37.1 Å². The maximum absolute atomic E-state index is 12.2. The Labute approximate surface area is 152 Å². The molecule has 1 aromatic heterocycles. The van der Waals surface area contributed by atoms with Crippen molar-refractivity contribution in [2.45, 2.75) is 19.4 Å². The molecule has 2 aromatic rings. The van der Waals surface area contributed by atoms with E-state index >= 15 is 0 Å². The quantitative estimate of drug-likeness (QED) is 0.672. The molecule has 2 amide bonds. The van der Waals surface area contributed by atoms with Crippen LogP contribution in [0.1, 0.15) is 25.1 Å². The molecule has 0 fully saturated rings. The Morgan fingerprint density at radius 3 is 2.58 bits per heavy atom. The van der Waals surface area contributed by atoms with Crippen molar-refractivity contribution in [3.8, 4) is 5.75 Å². The fourth-order valence-corrected chi connectivity index (χ4v) is 2.39. The van der Waals surface area contributed by atoms with Crippen molar-refractivity contribution in [2.75, 3.05) is 25.6 Å². The molecule has 0 radical (unpaired) electrons. The van der Waals surface area contributed by atoms with Crippen molar-refractivity contribution in [2.24, 2.45) is 0 Å². The van der Waals surface area contributed by atoms with Gasteiger partial charge in [-0.3, -0.25) is 14.6 Å². The first-order chi connectivity index (χ1) is 12.6. The molecular formula is C19H23N3O4. The summed E-state index contributed by atoms with van der Waals surface area (Å²) in [6, 6.07) is 12.1. The van der Waals surface area contributed by atoms with Crippen molar-refractivity contribution in [1.29, 1.82) is 0 Å². The summed E-state index contributed by atoms with van der Waals surface area (Å²) < 4.78 is 10.6. The summed E-state index contributed by atoms with van der Waals surface area (Å²) in [6.07, 6.45) is 1.33. The Hall–Kier alpha value is -2.93. The van der Waals surface area contributed by atoms with Crippen molar-refractivity contribution in [3.63, 3.8) is 0 Å². The lowest BCUT2D eigenvalue weighted by atomic mass is 10.2. The lowest BCUT2D eigenvalue weighted by Gasteiger charge is -2.17. The molecule has 7 nitrogen and oxygen atoms in total. The highest BCUT2D eigenvalue weighted by atomic mass is 16.5. The molecule has 0 bridgehead atoms. The number of amides is 2. The Morgan fingerprint density at radius 2 is 1.88 bits per heavy atom. The Balaban J connectivity index is 1.95. The topological polar surface area (TPSA) is 89.5 Å². The van der Waals surface area contributed by atoms with Gasteiger partial charge in [-0.2, -0.15) is 0 Å². The third kappa shape index (κ3) is 5.86. The normalized spacial score (nSPS) is 11.5. The van der Waals surface area contributed by atoms with E-state index in [4.69, 9.17) is 9.47 Å².